The third-order valence-corrected chi connectivity index (χ3v) is 16.0. The van der Waals surface area contributed by atoms with Gasteiger partial charge in [-0.3, -0.25) is 29.0 Å². The quantitative estimate of drug-likeness (QED) is 0.313. The maximum Gasteiger partial charge on any atom is 0.414 e. The Morgan fingerprint density at radius 3 is 1.40 bits per heavy atom. The van der Waals surface area contributed by atoms with Crippen molar-refractivity contribution in [3.8, 4) is 11.5 Å². The summed E-state index contributed by atoms with van der Waals surface area (Å²) in [6.45, 7) is 0.227. The van der Waals surface area contributed by atoms with Gasteiger partial charge in [-0.25, -0.2) is 9.59 Å². The van der Waals surface area contributed by atoms with Crippen LogP contribution in [0.25, 0.3) is 0 Å². The van der Waals surface area contributed by atoms with Crippen LogP contribution in [-0.4, -0.2) is 109 Å². The normalized spacial score (nSPS) is 37.3. The highest BCUT2D eigenvalue weighted by atomic mass is 16.6. The summed E-state index contributed by atoms with van der Waals surface area (Å²) in [5.41, 5.74) is -7.12. The monoisotopic (exact) mass is 820 g/mol. The Morgan fingerprint density at radius 2 is 1.02 bits per heavy atom. The summed E-state index contributed by atoms with van der Waals surface area (Å²) in [5, 5.41) is 0. The molecule has 0 unspecified atom stereocenters. The highest BCUT2D eigenvalue weighted by molar-refractivity contribution is 6.01. The maximum absolute atomic E-state index is 16.3. The number of hydrogen-bond donors (Lipinski definition) is 0. The van der Waals surface area contributed by atoms with Crippen LogP contribution in [0.2, 0.25) is 0 Å². The van der Waals surface area contributed by atoms with Gasteiger partial charge >= 0.3 is 24.1 Å². The van der Waals surface area contributed by atoms with Crippen molar-refractivity contribution >= 4 is 47.3 Å². The number of anilines is 2. The van der Waals surface area contributed by atoms with E-state index in [9.17, 15) is 19.2 Å². The lowest BCUT2D eigenvalue weighted by Crippen LogP contribution is -2.77. The van der Waals surface area contributed by atoms with Gasteiger partial charge in [-0.05, 0) is 74.9 Å². The van der Waals surface area contributed by atoms with E-state index in [1.165, 1.54) is 50.4 Å². The number of rotatable bonds is 2. The van der Waals surface area contributed by atoms with Gasteiger partial charge in [0.2, 0.25) is 11.8 Å². The number of ether oxygens (including phenoxy) is 6. The summed E-state index contributed by atoms with van der Waals surface area (Å²) >= 11 is 0. The Morgan fingerprint density at radius 1 is 0.600 bits per heavy atom. The third-order valence-electron chi connectivity index (χ3n) is 16.0. The fraction of sp³-hybridized carbons (Fsp3) is 0.500. The molecule has 0 N–H and O–H groups in total. The maximum atomic E-state index is 16.3. The zero-order valence-electron chi connectivity index (χ0n) is 33.7. The molecule has 7 fully saturated rings. The Kier molecular flexibility index (Phi) is 7.28. The summed E-state index contributed by atoms with van der Waals surface area (Å²) < 4.78 is 37.2. The van der Waals surface area contributed by atoms with Crippen LogP contribution in [0.4, 0.5) is 21.0 Å². The summed E-state index contributed by atoms with van der Waals surface area (Å²) in [6, 6.07) is 10.2. The van der Waals surface area contributed by atoms with Gasteiger partial charge in [-0.15, -0.1) is 0 Å². The van der Waals surface area contributed by atoms with E-state index in [0.717, 1.165) is 0 Å². The van der Waals surface area contributed by atoms with E-state index in [1.807, 2.05) is 12.2 Å². The predicted octanol–water partition coefficient (Wildman–Crippen LogP) is 4.23. The number of nitrogens with zero attached hydrogens (tertiary/aromatic N) is 4. The number of hydrogen-bond acceptors (Lipinski definition) is 12. The molecule has 11 aliphatic rings. The highest BCUT2D eigenvalue weighted by Gasteiger charge is 2.80. The molecule has 9 heterocycles. The smallest absolute Gasteiger partial charge is 0.414 e. The van der Waals surface area contributed by atoms with Crippen molar-refractivity contribution in [3.05, 3.63) is 71.8 Å². The van der Waals surface area contributed by atoms with E-state index < -0.39 is 69.3 Å². The molecule has 4 spiro atoms. The van der Waals surface area contributed by atoms with Crippen LogP contribution in [0.5, 0.6) is 11.5 Å². The van der Waals surface area contributed by atoms with Gasteiger partial charge in [0.25, 0.3) is 0 Å². The summed E-state index contributed by atoms with van der Waals surface area (Å²) in [4.78, 5) is 95.6. The SMILES string of the molecule is COC(=O)N1c2ccc(OC)cc2[C@]23CCN4C(=O)C=C[C@]45CC[C@]12[C@@H](C5)C(=O)O[C@@]12CCN4C(=O)C=C[C@]45CC[C@]1([C@@H](C5)C(=O)O3)N(C(=O)OC)c1ccc(OC)cc12. The minimum atomic E-state index is -1.79. The number of carbonyl (C=O) groups is 6. The average molecular weight is 821 g/mol. The first-order chi connectivity index (χ1) is 28.8. The zero-order valence-corrected chi connectivity index (χ0v) is 33.7. The number of carbonyl (C=O) groups excluding carboxylic acids is 6. The largest absolute Gasteiger partial charge is 0.497 e. The highest BCUT2D eigenvalue weighted by Crippen LogP contribution is 2.70. The van der Waals surface area contributed by atoms with Gasteiger partial charge in [0.15, 0.2) is 11.2 Å². The molecule has 8 atom stereocenters. The van der Waals surface area contributed by atoms with Crippen LogP contribution >= 0.6 is 0 Å². The van der Waals surface area contributed by atoms with Crippen LogP contribution in [0.1, 0.15) is 62.5 Å². The van der Waals surface area contributed by atoms with Crippen molar-refractivity contribution in [3.63, 3.8) is 0 Å². The Hall–Kier alpha value is -6.06. The van der Waals surface area contributed by atoms with E-state index in [0.29, 0.717) is 46.8 Å². The average Bonchev–Trinajstić information content (AvgIpc) is 3.86. The lowest BCUT2D eigenvalue weighted by atomic mass is 9.54. The van der Waals surface area contributed by atoms with Crippen molar-refractivity contribution in [2.75, 3.05) is 51.3 Å². The molecule has 312 valence electrons. The molecule has 2 aromatic carbocycles. The van der Waals surface area contributed by atoms with Gasteiger partial charge in [0.05, 0.1) is 62.7 Å². The molecule has 8 bridgehead atoms. The Balaban J connectivity index is 1.25. The molecule has 2 aliphatic carbocycles. The van der Waals surface area contributed by atoms with Crippen LogP contribution in [-0.2, 0) is 49.3 Å². The molecular weight excluding hydrogens is 776 g/mol. The molecule has 5 saturated heterocycles. The first kappa shape index (κ1) is 37.0. The molecule has 4 amide bonds. The van der Waals surface area contributed by atoms with Gasteiger partial charge in [-0.2, -0.15) is 0 Å². The first-order valence-corrected chi connectivity index (χ1v) is 20.5. The standard InChI is InChI=1S/C44H44N4O12/c1-55-25-5-7-31-27(21-25)43-17-19-45-33(49)9-11-39(45)13-15-41(43,47(31)37(53)57-3)29(23-39)36(52)60-44-18-20-46-34(50)10-12-40(46)14-16-42(44,30(24-40)35(51)59-43)48(38(54)58-4)32-8-6-26(56-2)22-28(32)44/h5-12,21-22,29-30H,13-20,23-24H2,1-4H3/t29-,30-,39+,40+,41+,42+,43+,44+/m0/s1. The van der Waals surface area contributed by atoms with Crippen LogP contribution < -0.4 is 19.3 Å². The van der Waals surface area contributed by atoms with E-state index in [-0.39, 0.29) is 63.4 Å². The molecular formula is C44H44N4O12. The van der Waals surface area contributed by atoms with E-state index in [2.05, 4.69) is 0 Å². The molecule has 16 nitrogen and oxygen atoms in total. The zero-order chi connectivity index (χ0) is 41.8. The second kappa shape index (κ2) is 11.8. The molecule has 9 aliphatic heterocycles. The van der Waals surface area contributed by atoms with Crippen molar-refractivity contribution in [1.82, 2.24) is 9.80 Å². The fourth-order valence-electron chi connectivity index (χ4n) is 13.6. The van der Waals surface area contributed by atoms with E-state index in [1.54, 1.807) is 46.2 Å². The molecule has 0 aromatic heterocycles. The Labute approximate surface area is 344 Å². The van der Waals surface area contributed by atoms with Crippen LogP contribution in [0, 0.1) is 11.8 Å². The molecule has 2 saturated carbocycles. The van der Waals surface area contributed by atoms with E-state index >= 15 is 9.59 Å². The van der Waals surface area contributed by atoms with Crippen LogP contribution in [0.3, 0.4) is 0 Å². The minimum Gasteiger partial charge on any atom is -0.497 e. The molecule has 13 rings (SSSR count). The molecule has 2 aromatic rings. The number of methoxy groups -OCH3 is 4. The lowest BCUT2D eigenvalue weighted by Gasteiger charge is -2.64. The predicted molar refractivity (Wildman–Crippen MR) is 208 cm³/mol. The van der Waals surface area contributed by atoms with Crippen LogP contribution in [0.15, 0.2) is 60.7 Å². The van der Waals surface area contributed by atoms with E-state index in [4.69, 9.17) is 28.4 Å². The minimum absolute atomic E-state index is 0.00991. The van der Waals surface area contributed by atoms with Crippen molar-refractivity contribution in [2.24, 2.45) is 11.8 Å². The molecule has 60 heavy (non-hydrogen) atoms. The second-order valence-electron chi connectivity index (χ2n) is 17.6. The Bertz CT molecular complexity index is 2270. The van der Waals surface area contributed by atoms with Gasteiger partial charge in [-0.1, -0.05) is 12.2 Å². The number of fused-ring (bicyclic) bond motifs is 6. The van der Waals surface area contributed by atoms with Crippen molar-refractivity contribution in [2.45, 2.75) is 84.7 Å². The lowest BCUT2D eigenvalue weighted by molar-refractivity contribution is -0.229. The summed E-state index contributed by atoms with van der Waals surface area (Å²) in [5.74, 6) is -3.59. The summed E-state index contributed by atoms with van der Waals surface area (Å²) in [6.07, 6.45) is 6.08. The van der Waals surface area contributed by atoms with Crippen molar-refractivity contribution < 1.29 is 57.2 Å². The molecule has 16 heteroatoms. The van der Waals surface area contributed by atoms with Gasteiger partial charge in [0, 0.05) is 49.2 Å². The first-order valence-electron chi connectivity index (χ1n) is 20.5. The van der Waals surface area contributed by atoms with Gasteiger partial charge < -0.3 is 38.2 Å². The van der Waals surface area contributed by atoms with Gasteiger partial charge in [0.1, 0.15) is 22.6 Å². The number of esters is 2. The fourth-order valence-corrected chi connectivity index (χ4v) is 13.6. The third kappa shape index (κ3) is 3.98. The van der Waals surface area contributed by atoms with Crippen molar-refractivity contribution in [1.29, 1.82) is 0 Å². The molecule has 0 radical (unpaired) electrons. The number of benzene rings is 2. The topological polar surface area (TPSA) is 171 Å². The summed E-state index contributed by atoms with van der Waals surface area (Å²) in [7, 11) is 5.54. The number of amides is 4. The second-order valence-corrected chi connectivity index (χ2v) is 17.6.